The molecule has 0 saturated heterocycles. The van der Waals surface area contributed by atoms with E-state index in [1.807, 2.05) is 18.4 Å². The van der Waals surface area contributed by atoms with Gasteiger partial charge in [0.25, 0.3) is 0 Å². The highest BCUT2D eigenvalue weighted by Gasteiger charge is 2.31. The number of hydrogen-bond donors (Lipinski definition) is 4. The minimum absolute atomic E-state index is 0.333. The van der Waals surface area contributed by atoms with Gasteiger partial charge >= 0.3 is 5.97 Å². The smallest absolute Gasteiger partial charge is 0.327 e. The number of methoxy groups -OCH3 is 1. The van der Waals surface area contributed by atoms with Crippen LogP contribution in [-0.2, 0) is 37.1 Å². The van der Waals surface area contributed by atoms with Gasteiger partial charge in [-0.15, -0.1) is 11.3 Å². The summed E-state index contributed by atoms with van der Waals surface area (Å²) in [4.78, 5) is 16.9. The number of aromatic nitrogens is 1. The Hall–Kier alpha value is -4.27. The zero-order valence-electron chi connectivity index (χ0n) is 27.2. The first-order valence-corrected chi connectivity index (χ1v) is 16.1. The van der Waals surface area contributed by atoms with Crippen molar-refractivity contribution in [2.45, 2.75) is 59.2 Å². The van der Waals surface area contributed by atoms with Crippen molar-refractivity contribution in [1.82, 2.24) is 15.2 Å². The Labute approximate surface area is 271 Å². The number of aromatic amines is 1. The summed E-state index contributed by atoms with van der Waals surface area (Å²) in [5.74, 6) is -0.0918. The van der Waals surface area contributed by atoms with E-state index < -0.39 is 5.97 Å². The molecule has 2 aromatic carbocycles. The molecule has 0 aliphatic carbocycles. The van der Waals surface area contributed by atoms with Gasteiger partial charge in [-0.05, 0) is 78.8 Å². The summed E-state index contributed by atoms with van der Waals surface area (Å²) in [5.41, 5.74) is 11.4. The molecule has 2 aromatic heterocycles. The van der Waals surface area contributed by atoms with Gasteiger partial charge in [0.1, 0.15) is 5.75 Å². The Morgan fingerprint density at radius 1 is 1.20 bits per heavy atom. The number of allylic oxidation sites excluding steroid dienone is 2. The number of carbonyl (C=O) groups is 1. The number of anilines is 1. The van der Waals surface area contributed by atoms with E-state index in [9.17, 15) is 4.79 Å². The van der Waals surface area contributed by atoms with Crippen molar-refractivity contribution in [3.63, 3.8) is 0 Å². The average molecular weight is 627 g/mol. The van der Waals surface area contributed by atoms with Gasteiger partial charge in [0, 0.05) is 78.0 Å². The van der Waals surface area contributed by atoms with Crippen LogP contribution in [0.25, 0.3) is 16.5 Å². The number of H-pyrrole nitrogens is 1. The highest BCUT2D eigenvalue weighted by Crippen LogP contribution is 2.42. The molecule has 0 fully saturated rings. The zero-order chi connectivity index (χ0) is 32.7. The lowest BCUT2D eigenvalue weighted by atomic mass is 9.93. The minimum Gasteiger partial charge on any atom is -0.497 e. The molecule has 45 heavy (non-hydrogen) atoms. The van der Waals surface area contributed by atoms with Crippen molar-refractivity contribution < 1.29 is 14.6 Å². The predicted octanol–water partition coefficient (Wildman–Crippen LogP) is 7.71. The summed E-state index contributed by atoms with van der Waals surface area (Å²) in [5, 5.41) is 17.3. The number of thiophene rings is 1. The number of carboxylic acids is 1. The van der Waals surface area contributed by atoms with E-state index in [0.29, 0.717) is 6.04 Å². The molecule has 0 spiro atoms. The van der Waals surface area contributed by atoms with Gasteiger partial charge in [0.05, 0.1) is 12.1 Å². The summed E-state index contributed by atoms with van der Waals surface area (Å²) in [6.45, 7) is 20.9. The number of fused-ring (bicyclic) bond motifs is 2. The van der Waals surface area contributed by atoms with Crippen LogP contribution in [0.15, 0.2) is 74.0 Å². The number of nitrogens with one attached hydrogen (secondary N) is 3. The third kappa shape index (κ3) is 8.07. The van der Waals surface area contributed by atoms with Crippen LogP contribution in [0.5, 0.6) is 5.75 Å². The SMILES string of the molecule is C=C(Cc1c(C)[nH]c2ccc(CC)cc12)NCC1Cc2c(sc(NC)c2C(=C)C)CN1Cc1ccc(OC)cc1.C=CC(=O)O. The maximum absolute atomic E-state index is 9.25. The quantitative estimate of drug-likeness (QED) is 0.121. The second-order valence-corrected chi connectivity index (χ2v) is 12.6. The molecular weight excluding hydrogens is 580 g/mol. The fraction of sp³-hybridized carbons (Fsp3) is 0.324. The Morgan fingerprint density at radius 2 is 1.89 bits per heavy atom. The number of aryl methyl sites for hydroxylation is 2. The number of carboxylic acid groups (broad SMARTS) is 1. The maximum atomic E-state index is 9.25. The van der Waals surface area contributed by atoms with Crippen LogP contribution in [0.2, 0.25) is 0 Å². The van der Waals surface area contributed by atoms with Crippen molar-refractivity contribution in [1.29, 1.82) is 0 Å². The van der Waals surface area contributed by atoms with E-state index in [1.165, 1.54) is 54.3 Å². The van der Waals surface area contributed by atoms with E-state index >= 15 is 0 Å². The summed E-state index contributed by atoms with van der Waals surface area (Å²) < 4.78 is 5.38. The lowest BCUT2D eigenvalue weighted by Gasteiger charge is -2.36. The van der Waals surface area contributed by atoms with E-state index in [4.69, 9.17) is 9.84 Å². The lowest BCUT2D eigenvalue weighted by Crippen LogP contribution is -2.45. The molecule has 0 amide bonds. The lowest BCUT2D eigenvalue weighted by molar-refractivity contribution is -0.131. The maximum Gasteiger partial charge on any atom is 0.327 e. The summed E-state index contributed by atoms with van der Waals surface area (Å²) in [6, 6.07) is 15.5. The summed E-state index contributed by atoms with van der Waals surface area (Å²) >= 11 is 1.87. The van der Waals surface area contributed by atoms with E-state index in [-0.39, 0.29) is 0 Å². The fourth-order valence-electron chi connectivity index (χ4n) is 5.93. The normalized spacial score (nSPS) is 14.2. The van der Waals surface area contributed by atoms with Gasteiger partial charge in [0.2, 0.25) is 0 Å². The molecule has 5 rings (SSSR count). The summed E-state index contributed by atoms with van der Waals surface area (Å²) in [7, 11) is 3.73. The van der Waals surface area contributed by atoms with Gasteiger partial charge in [-0.25, -0.2) is 4.79 Å². The topological polar surface area (TPSA) is 89.6 Å². The number of hydrogen-bond acceptors (Lipinski definition) is 6. The van der Waals surface area contributed by atoms with E-state index in [2.05, 4.69) is 103 Å². The molecule has 1 aliphatic heterocycles. The van der Waals surface area contributed by atoms with Crippen molar-refractivity contribution in [3.8, 4) is 5.75 Å². The first-order valence-electron chi connectivity index (χ1n) is 15.3. The Kier molecular flexibility index (Phi) is 11.3. The van der Waals surface area contributed by atoms with Gasteiger partial charge < -0.3 is 25.5 Å². The monoisotopic (exact) mass is 626 g/mol. The Balaban J connectivity index is 0.000000854. The molecule has 0 bridgehead atoms. The third-order valence-electron chi connectivity index (χ3n) is 8.34. The van der Waals surface area contributed by atoms with Crippen LogP contribution in [0, 0.1) is 6.92 Å². The van der Waals surface area contributed by atoms with Gasteiger partial charge in [-0.3, -0.25) is 4.90 Å². The van der Waals surface area contributed by atoms with Crippen molar-refractivity contribution in [2.75, 3.05) is 26.0 Å². The molecule has 0 saturated carbocycles. The van der Waals surface area contributed by atoms with Crippen LogP contribution in [0.3, 0.4) is 0 Å². The van der Waals surface area contributed by atoms with Crippen molar-refractivity contribution in [2.24, 2.45) is 0 Å². The van der Waals surface area contributed by atoms with Crippen LogP contribution in [0.4, 0.5) is 5.00 Å². The number of aliphatic carboxylic acids is 1. The molecule has 1 aliphatic rings. The molecule has 3 heterocycles. The second-order valence-electron chi connectivity index (χ2n) is 11.5. The second kappa shape index (κ2) is 15.1. The predicted molar refractivity (Wildman–Crippen MR) is 189 cm³/mol. The van der Waals surface area contributed by atoms with Gasteiger partial charge in [0.15, 0.2) is 0 Å². The molecule has 4 aromatic rings. The molecule has 4 N–H and O–H groups in total. The Bertz CT molecular complexity index is 1680. The minimum atomic E-state index is -0.981. The average Bonchev–Trinajstić information content (AvgIpc) is 3.56. The van der Waals surface area contributed by atoms with Crippen LogP contribution >= 0.6 is 11.3 Å². The highest BCUT2D eigenvalue weighted by atomic mass is 32.1. The van der Waals surface area contributed by atoms with Crippen molar-refractivity contribution >= 4 is 38.8 Å². The molecule has 7 nitrogen and oxygen atoms in total. The number of nitrogens with zero attached hydrogens (tertiary/aromatic N) is 1. The van der Waals surface area contributed by atoms with Crippen LogP contribution < -0.4 is 15.4 Å². The van der Waals surface area contributed by atoms with Crippen LogP contribution in [-0.4, -0.2) is 47.7 Å². The number of benzene rings is 2. The van der Waals surface area contributed by atoms with E-state index in [0.717, 1.165) is 62.0 Å². The molecule has 238 valence electrons. The third-order valence-corrected chi connectivity index (χ3v) is 9.57. The first kappa shape index (κ1) is 33.6. The van der Waals surface area contributed by atoms with Crippen LogP contribution in [0.1, 0.15) is 52.2 Å². The molecule has 8 heteroatoms. The Morgan fingerprint density at radius 3 is 2.49 bits per heavy atom. The number of ether oxygens (including phenoxy) is 1. The summed E-state index contributed by atoms with van der Waals surface area (Å²) in [6.07, 6.45) is 3.67. The van der Waals surface area contributed by atoms with E-state index in [1.54, 1.807) is 7.11 Å². The first-order chi connectivity index (χ1) is 21.6. The molecule has 1 unspecified atom stereocenters. The molecular formula is C37H46N4O3S. The zero-order valence-corrected chi connectivity index (χ0v) is 28.0. The van der Waals surface area contributed by atoms with Gasteiger partial charge in [-0.2, -0.15) is 0 Å². The number of rotatable bonds is 12. The van der Waals surface area contributed by atoms with Crippen molar-refractivity contribution in [3.05, 3.63) is 112 Å². The van der Waals surface area contributed by atoms with Gasteiger partial charge in [-0.1, -0.05) is 44.9 Å². The largest absolute Gasteiger partial charge is 0.497 e. The molecule has 1 atom stereocenters. The highest BCUT2D eigenvalue weighted by molar-refractivity contribution is 7.16. The standard InChI is InChI=1S/C34H42N4OS.C3H4O2/c1-8-24-11-14-31-29(16-24)28(23(5)37-31)15-22(4)36-18-26-17-30-32(40-34(35-6)33(30)21(2)3)20-38(26)19-25-9-12-27(39-7)13-10-25;1-2-3(4)5/h9-14,16,26,35-37H,2,4,8,15,17-20H2,1,3,5-7H3;2H,1H2,(H,4,5). The fourth-order valence-corrected chi connectivity index (χ4v) is 7.22. The molecule has 0 radical (unpaired) electrons.